The summed E-state index contributed by atoms with van der Waals surface area (Å²) in [5, 5.41) is 4.52. The fraction of sp³-hybridized carbons (Fsp3) is 0. The van der Waals surface area contributed by atoms with Crippen molar-refractivity contribution in [3.05, 3.63) is 249 Å². The molecule has 5 nitrogen and oxygen atoms in total. The summed E-state index contributed by atoms with van der Waals surface area (Å²) >= 11 is 0. The minimum absolute atomic E-state index is 0.537. The zero-order chi connectivity index (χ0) is 45.0. The molecule has 0 radical (unpaired) electrons. The Hall–Kier alpha value is -9.19. The third-order valence-corrected chi connectivity index (χ3v) is 13.2. The van der Waals surface area contributed by atoms with Crippen LogP contribution in [0.2, 0.25) is 0 Å². The second kappa shape index (κ2) is 16.4. The monoisotopic (exact) mass is 867 g/mol. The van der Waals surface area contributed by atoms with Crippen LogP contribution in [0.5, 0.6) is 0 Å². The zero-order valence-electron chi connectivity index (χ0n) is 36.9. The molecule has 0 spiro atoms. The molecular weight excluding hydrogens is 827 g/mol. The summed E-state index contributed by atoms with van der Waals surface area (Å²) in [6.07, 6.45) is 0. The molecule has 13 aromatic rings. The lowest BCUT2D eigenvalue weighted by atomic mass is 9.95. The Kier molecular flexibility index (Phi) is 9.43. The molecule has 68 heavy (non-hydrogen) atoms. The molecule has 5 heteroatoms. The molecule has 0 aliphatic rings. The van der Waals surface area contributed by atoms with Crippen LogP contribution in [0.1, 0.15) is 0 Å². The number of aromatic nitrogens is 5. The van der Waals surface area contributed by atoms with Crippen molar-refractivity contribution >= 4 is 43.6 Å². The first-order chi connectivity index (χ1) is 33.8. The fourth-order valence-corrected chi connectivity index (χ4v) is 10.1. The molecule has 0 aliphatic carbocycles. The highest BCUT2D eigenvalue weighted by Gasteiger charge is 2.26. The molecule has 0 N–H and O–H groups in total. The molecule has 0 atom stereocenters. The Morgan fingerprint density at radius 2 is 0.632 bits per heavy atom. The summed E-state index contributed by atoms with van der Waals surface area (Å²) in [6.45, 7) is 0. The van der Waals surface area contributed by atoms with Gasteiger partial charge in [-0.05, 0) is 45.5 Å². The van der Waals surface area contributed by atoms with Gasteiger partial charge in [0.25, 0.3) is 0 Å². The predicted molar refractivity (Wildman–Crippen MR) is 281 cm³/mol. The van der Waals surface area contributed by atoms with E-state index >= 15 is 0 Å². The lowest BCUT2D eigenvalue weighted by Crippen LogP contribution is -2.08. The highest BCUT2D eigenvalue weighted by molar-refractivity contribution is 6.24. The fourth-order valence-electron chi connectivity index (χ4n) is 10.1. The Morgan fingerprint density at radius 1 is 0.235 bits per heavy atom. The molecule has 0 saturated carbocycles. The summed E-state index contributed by atoms with van der Waals surface area (Å²) in [5.41, 5.74) is 16.1. The minimum Gasteiger partial charge on any atom is -0.306 e. The second-order valence-electron chi connectivity index (χ2n) is 17.1. The van der Waals surface area contributed by atoms with Crippen molar-refractivity contribution in [1.82, 2.24) is 24.1 Å². The number of para-hydroxylation sites is 3. The first-order valence-electron chi connectivity index (χ1n) is 23.0. The number of hydrogen-bond donors (Lipinski definition) is 0. The van der Waals surface area contributed by atoms with Gasteiger partial charge in [0, 0.05) is 43.8 Å². The van der Waals surface area contributed by atoms with Gasteiger partial charge in [-0.1, -0.05) is 237 Å². The molecule has 3 aromatic heterocycles. The topological polar surface area (TPSA) is 48.5 Å². The molecule has 10 aromatic carbocycles. The van der Waals surface area contributed by atoms with E-state index in [0.29, 0.717) is 17.6 Å². The third kappa shape index (κ3) is 6.51. The maximum Gasteiger partial charge on any atom is 0.238 e. The molecular formula is C63H41N5. The van der Waals surface area contributed by atoms with E-state index in [1.54, 1.807) is 0 Å². The lowest BCUT2D eigenvalue weighted by Gasteiger charge is -2.20. The van der Waals surface area contributed by atoms with E-state index in [-0.39, 0.29) is 0 Å². The SMILES string of the molecule is c1ccc(-c2ccc(-c3nc(-c4ccccc4-c4ccccc4)nc(-n4c5ccccc5c5ccc6c7ccccc7n(-c7c(-c8ccccc8)cccc7-c7ccccc7)c6c54)n3)cc2)cc1. The van der Waals surface area contributed by atoms with Crippen molar-refractivity contribution in [2.24, 2.45) is 0 Å². The van der Waals surface area contributed by atoms with Gasteiger partial charge in [0.2, 0.25) is 5.95 Å². The largest absolute Gasteiger partial charge is 0.306 e. The molecule has 0 aliphatic heterocycles. The minimum atomic E-state index is 0.537. The smallest absolute Gasteiger partial charge is 0.238 e. The number of hydrogen-bond acceptors (Lipinski definition) is 3. The molecule has 13 rings (SSSR count). The van der Waals surface area contributed by atoms with E-state index in [1.165, 1.54) is 0 Å². The van der Waals surface area contributed by atoms with Crippen molar-refractivity contribution in [1.29, 1.82) is 0 Å². The lowest BCUT2D eigenvalue weighted by molar-refractivity contribution is 0.953. The summed E-state index contributed by atoms with van der Waals surface area (Å²) in [6, 6.07) is 88.1. The van der Waals surface area contributed by atoms with Gasteiger partial charge in [-0.3, -0.25) is 4.57 Å². The summed E-state index contributed by atoms with van der Waals surface area (Å²) in [7, 11) is 0. The Morgan fingerprint density at radius 3 is 1.21 bits per heavy atom. The third-order valence-electron chi connectivity index (χ3n) is 13.2. The van der Waals surface area contributed by atoms with Crippen LogP contribution in [0.4, 0.5) is 0 Å². The van der Waals surface area contributed by atoms with Crippen molar-refractivity contribution in [2.45, 2.75) is 0 Å². The number of rotatable bonds is 8. The van der Waals surface area contributed by atoms with E-state index in [4.69, 9.17) is 15.0 Å². The molecule has 318 valence electrons. The average Bonchev–Trinajstić information content (AvgIpc) is 3.94. The van der Waals surface area contributed by atoms with Gasteiger partial charge in [-0.15, -0.1) is 0 Å². The van der Waals surface area contributed by atoms with Gasteiger partial charge >= 0.3 is 0 Å². The summed E-state index contributed by atoms with van der Waals surface area (Å²) in [5.74, 6) is 1.72. The van der Waals surface area contributed by atoms with Crippen LogP contribution >= 0.6 is 0 Å². The Balaban J connectivity index is 1.16. The van der Waals surface area contributed by atoms with Crippen LogP contribution in [0.25, 0.3) is 123 Å². The van der Waals surface area contributed by atoms with E-state index in [2.05, 4.69) is 246 Å². The van der Waals surface area contributed by atoms with Gasteiger partial charge in [0.15, 0.2) is 11.6 Å². The number of benzene rings is 10. The van der Waals surface area contributed by atoms with Crippen molar-refractivity contribution in [3.63, 3.8) is 0 Å². The molecule has 0 unspecified atom stereocenters. The molecule has 0 fully saturated rings. The average molecular weight is 868 g/mol. The standard InChI is InChI=1S/C63H41N5/c1-5-20-42(21-6-1)43-36-38-47(39-37-43)61-64-62(55-31-14-13-28-48(55)44-22-7-2-8-23-44)66-63(65-61)68-57-35-18-16-30-52(57)54-41-40-53-51-29-15-17-34-56(51)67(59(53)60(54)68)58-49(45-24-9-3-10-25-45)32-19-33-50(58)46-26-11-4-12-27-46/h1-41H. The molecule has 0 bridgehead atoms. The maximum atomic E-state index is 5.55. The van der Waals surface area contributed by atoms with E-state index in [1.807, 2.05) is 12.1 Å². The summed E-state index contributed by atoms with van der Waals surface area (Å²) < 4.78 is 4.79. The van der Waals surface area contributed by atoms with Crippen LogP contribution in [0, 0.1) is 0 Å². The zero-order valence-corrected chi connectivity index (χ0v) is 36.9. The predicted octanol–water partition coefficient (Wildman–Crippen LogP) is 16.1. The Bertz CT molecular complexity index is 3930. The van der Waals surface area contributed by atoms with Gasteiger partial charge in [-0.2, -0.15) is 9.97 Å². The molecule has 0 amide bonds. The van der Waals surface area contributed by atoms with Crippen LogP contribution in [-0.2, 0) is 0 Å². The van der Waals surface area contributed by atoms with Crippen LogP contribution < -0.4 is 0 Å². The van der Waals surface area contributed by atoms with Gasteiger partial charge in [0.05, 0.1) is 27.8 Å². The maximum absolute atomic E-state index is 5.55. The van der Waals surface area contributed by atoms with Crippen molar-refractivity contribution < 1.29 is 0 Å². The van der Waals surface area contributed by atoms with Crippen LogP contribution in [-0.4, -0.2) is 24.1 Å². The summed E-state index contributed by atoms with van der Waals surface area (Å²) in [4.78, 5) is 16.4. The number of nitrogens with zero attached hydrogens (tertiary/aromatic N) is 5. The van der Waals surface area contributed by atoms with Crippen molar-refractivity contribution in [3.8, 4) is 78.9 Å². The molecule has 0 saturated heterocycles. The van der Waals surface area contributed by atoms with Crippen LogP contribution in [0.15, 0.2) is 249 Å². The van der Waals surface area contributed by atoms with Crippen molar-refractivity contribution in [2.75, 3.05) is 0 Å². The van der Waals surface area contributed by atoms with Gasteiger partial charge in [0.1, 0.15) is 0 Å². The number of fused-ring (bicyclic) bond motifs is 7. The first kappa shape index (κ1) is 39.2. The van der Waals surface area contributed by atoms with E-state index in [9.17, 15) is 0 Å². The highest BCUT2D eigenvalue weighted by atomic mass is 15.2. The second-order valence-corrected chi connectivity index (χ2v) is 17.1. The van der Waals surface area contributed by atoms with E-state index in [0.717, 1.165) is 105 Å². The quantitative estimate of drug-likeness (QED) is 0.153. The van der Waals surface area contributed by atoms with Crippen LogP contribution in [0.3, 0.4) is 0 Å². The molecule has 3 heterocycles. The normalized spacial score (nSPS) is 11.5. The van der Waals surface area contributed by atoms with Gasteiger partial charge < -0.3 is 4.57 Å². The Labute approximate surface area is 393 Å². The first-order valence-corrected chi connectivity index (χ1v) is 23.0. The van der Waals surface area contributed by atoms with Gasteiger partial charge in [-0.25, -0.2) is 4.98 Å². The van der Waals surface area contributed by atoms with E-state index < -0.39 is 0 Å². The highest BCUT2D eigenvalue weighted by Crippen LogP contribution is 2.46.